The van der Waals surface area contributed by atoms with Gasteiger partial charge in [0.15, 0.2) is 34.9 Å². The highest BCUT2D eigenvalue weighted by molar-refractivity contribution is 5.44. The highest BCUT2D eigenvalue weighted by Crippen LogP contribution is 2.19. The lowest BCUT2D eigenvalue weighted by atomic mass is 10.2. The number of hydrogen-bond donors (Lipinski definition) is 1. The van der Waals surface area contributed by atoms with Crippen molar-refractivity contribution in [1.29, 1.82) is 0 Å². The van der Waals surface area contributed by atoms with Crippen molar-refractivity contribution >= 4 is 5.69 Å². The second kappa shape index (κ2) is 5.44. The fourth-order valence-corrected chi connectivity index (χ4v) is 1.57. The van der Waals surface area contributed by atoms with Crippen molar-refractivity contribution in [3.05, 3.63) is 64.7 Å². The van der Waals surface area contributed by atoms with Gasteiger partial charge in [0.25, 0.3) is 0 Å². The first-order valence-electron chi connectivity index (χ1n) is 5.40. The smallest absolute Gasteiger partial charge is 0.194 e. The van der Waals surface area contributed by atoms with Crippen molar-refractivity contribution in [2.75, 3.05) is 5.32 Å². The van der Waals surface area contributed by atoms with E-state index in [1.54, 1.807) is 0 Å². The summed E-state index contributed by atoms with van der Waals surface area (Å²) in [5.74, 6) is -8.77. The lowest BCUT2D eigenvalue weighted by molar-refractivity contribution is 0.445. The standard InChI is InChI=1S/C13H7F6N/c14-8-1-6(2-9(15)12(8)18)5-20-7-3-10(16)13(19)11(17)4-7/h1-4,20H,5H2. The summed E-state index contributed by atoms with van der Waals surface area (Å²) in [6, 6.07) is 2.85. The van der Waals surface area contributed by atoms with Crippen LogP contribution < -0.4 is 5.32 Å². The average molecular weight is 291 g/mol. The Labute approximate surface area is 109 Å². The van der Waals surface area contributed by atoms with Crippen LogP contribution in [0, 0.1) is 34.9 Å². The summed E-state index contributed by atoms with van der Waals surface area (Å²) in [6.07, 6.45) is 0. The van der Waals surface area contributed by atoms with Crippen LogP contribution in [0.3, 0.4) is 0 Å². The summed E-state index contributed by atoms with van der Waals surface area (Å²) in [7, 11) is 0. The van der Waals surface area contributed by atoms with E-state index in [1.165, 1.54) is 0 Å². The lowest BCUT2D eigenvalue weighted by Crippen LogP contribution is -2.04. The molecular weight excluding hydrogens is 284 g/mol. The molecule has 2 rings (SSSR count). The van der Waals surface area contributed by atoms with Gasteiger partial charge < -0.3 is 5.32 Å². The third-order valence-corrected chi connectivity index (χ3v) is 2.52. The zero-order valence-corrected chi connectivity index (χ0v) is 9.78. The number of nitrogens with one attached hydrogen (secondary N) is 1. The van der Waals surface area contributed by atoms with Crippen molar-refractivity contribution < 1.29 is 26.3 Å². The van der Waals surface area contributed by atoms with Crippen LogP contribution >= 0.6 is 0 Å². The summed E-state index contributed by atoms with van der Waals surface area (Å²) < 4.78 is 77.1. The van der Waals surface area contributed by atoms with E-state index in [4.69, 9.17) is 0 Å². The third kappa shape index (κ3) is 2.87. The molecule has 0 saturated carbocycles. The fourth-order valence-electron chi connectivity index (χ4n) is 1.57. The van der Waals surface area contributed by atoms with E-state index in [1.807, 2.05) is 0 Å². The molecule has 0 unspecified atom stereocenters. The molecular formula is C13H7F6N. The van der Waals surface area contributed by atoms with E-state index in [0.29, 0.717) is 12.1 Å². The normalized spacial score (nSPS) is 10.7. The molecule has 0 aliphatic carbocycles. The molecule has 0 heterocycles. The van der Waals surface area contributed by atoms with Crippen LogP contribution in [-0.2, 0) is 6.54 Å². The van der Waals surface area contributed by atoms with Crippen LogP contribution in [0.4, 0.5) is 32.0 Å². The molecule has 0 aliphatic rings. The lowest BCUT2D eigenvalue weighted by Gasteiger charge is -2.08. The Hall–Kier alpha value is -2.18. The first-order valence-corrected chi connectivity index (χ1v) is 5.40. The Kier molecular flexibility index (Phi) is 3.87. The van der Waals surface area contributed by atoms with Crippen LogP contribution in [0.5, 0.6) is 0 Å². The zero-order valence-electron chi connectivity index (χ0n) is 9.78. The average Bonchev–Trinajstić information content (AvgIpc) is 2.39. The molecule has 2 aromatic carbocycles. The second-order valence-corrected chi connectivity index (χ2v) is 3.98. The van der Waals surface area contributed by atoms with Gasteiger partial charge in [0.2, 0.25) is 0 Å². The predicted molar refractivity (Wildman–Crippen MR) is 60.0 cm³/mol. The van der Waals surface area contributed by atoms with Crippen LogP contribution in [0.2, 0.25) is 0 Å². The van der Waals surface area contributed by atoms with Crippen LogP contribution in [0.15, 0.2) is 24.3 Å². The van der Waals surface area contributed by atoms with E-state index in [-0.39, 0.29) is 17.8 Å². The maximum atomic E-state index is 12.9. The van der Waals surface area contributed by atoms with Gasteiger partial charge in [-0.05, 0) is 17.7 Å². The van der Waals surface area contributed by atoms with Gasteiger partial charge in [0.05, 0.1) is 0 Å². The number of hydrogen-bond acceptors (Lipinski definition) is 1. The molecule has 0 spiro atoms. The maximum absolute atomic E-state index is 12.9. The summed E-state index contributed by atoms with van der Waals surface area (Å²) in [6.45, 7) is -0.224. The topological polar surface area (TPSA) is 12.0 Å². The van der Waals surface area contributed by atoms with Crippen molar-refractivity contribution in [1.82, 2.24) is 0 Å². The van der Waals surface area contributed by atoms with E-state index in [2.05, 4.69) is 5.32 Å². The monoisotopic (exact) mass is 291 g/mol. The third-order valence-electron chi connectivity index (χ3n) is 2.52. The van der Waals surface area contributed by atoms with Gasteiger partial charge in [-0.1, -0.05) is 0 Å². The molecule has 0 atom stereocenters. The van der Waals surface area contributed by atoms with Gasteiger partial charge in [-0.25, -0.2) is 26.3 Å². The number of benzene rings is 2. The van der Waals surface area contributed by atoms with Gasteiger partial charge in [0, 0.05) is 24.4 Å². The molecule has 1 N–H and O–H groups in total. The molecule has 0 fully saturated rings. The minimum Gasteiger partial charge on any atom is -0.381 e. The minimum atomic E-state index is -1.62. The minimum absolute atomic E-state index is 0.0199. The number of rotatable bonds is 3. The maximum Gasteiger partial charge on any atom is 0.194 e. The number of anilines is 1. The van der Waals surface area contributed by atoms with Crippen molar-refractivity contribution in [3.8, 4) is 0 Å². The molecule has 20 heavy (non-hydrogen) atoms. The van der Waals surface area contributed by atoms with Gasteiger partial charge in [-0.2, -0.15) is 0 Å². The molecule has 0 amide bonds. The Bertz CT molecular complexity index is 552. The van der Waals surface area contributed by atoms with Gasteiger partial charge in [-0.15, -0.1) is 0 Å². The summed E-state index contributed by atoms with van der Waals surface area (Å²) in [5, 5.41) is 2.44. The summed E-state index contributed by atoms with van der Waals surface area (Å²) in [4.78, 5) is 0. The predicted octanol–water partition coefficient (Wildman–Crippen LogP) is 4.13. The molecule has 0 bridgehead atoms. The van der Waals surface area contributed by atoms with Crippen molar-refractivity contribution in [3.63, 3.8) is 0 Å². The Morgan fingerprint density at radius 1 is 0.650 bits per heavy atom. The molecule has 0 aliphatic heterocycles. The first kappa shape index (κ1) is 14.2. The molecule has 0 aromatic heterocycles. The SMILES string of the molecule is Fc1cc(CNc2cc(F)c(F)c(F)c2)cc(F)c1F. The quantitative estimate of drug-likeness (QED) is 0.662. The van der Waals surface area contributed by atoms with Crippen molar-refractivity contribution in [2.24, 2.45) is 0 Å². The highest BCUT2D eigenvalue weighted by Gasteiger charge is 2.12. The molecule has 106 valence electrons. The fraction of sp³-hybridized carbons (Fsp3) is 0.0769. The van der Waals surface area contributed by atoms with E-state index in [0.717, 1.165) is 12.1 Å². The molecule has 0 radical (unpaired) electrons. The van der Waals surface area contributed by atoms with Crippen LogP contribution in [-0.4, -0.2) is 0 Å². The van der Waals surface area contributed by atoms with Crippen LogP contribution in [0.25, 0.3) is 0 Å². The zero-order chi connectivity index (χ0) is 14.9. The van der Waals surface area contributed by atoms with Crippen LogP contribution in [0.1, 0.15) is 5.56 Å². The van der Waals surface area contributed by atoms with Gasteiger partial charge in [0.1, 0.15) is 0 Å². The summed E-state index contributed by atoms with van der Waals surface area (Å²) in [5.41, 5.74) is -0.0990. The number of halogens is 6. The van der Waals surface area contributed by atoms with E-state index in [9.17, 15) is 26.3 Å². The van der Waals surface area contributed by atoms with Gasteiger partial charge >= 0.3 is 0 Å². The van der Waals surface area contributed by atoms with Gasteiger partial charge in [-0.3, -0.25) is 0 Å². The Morgan fingerprint density at radius 3 is 1.50 bits per heavy atom. The van der Waals surface area contributed by atoms with E-state index >= 15 is 0 Å². The molecule has 0 saturated heterocycles. The second-order valence-electron chi connectivity index (χ2n) is 3.98. The molecule has 7 heteroatoms. The summed E-state index contributed by atoms with van der Waals surface area (Å²) >= 11 is 0. The van der Waals surface area contributed by atoms with E-state index < -0.39 is 34.9 Å². The molecule has 1 nitrogen and oxygen atoms in total. The first-order chi connectivity index (χ1) is 9.38. The Balaban J connectivity index is 2.17. The Morgan fingerprint density at radius 2 is 1.05 bits per heavy atom. The molecule has 2 aromatic rings. The highest BCUT2D eigenvalue weighted by atomic mass is 19.2. The van der Waals surface area contributed by atoms with Crippen molar-refractivity contribution in [2.45, 2.75) is 6.54 Å². The largest absolute Gasteiger partial charge is 0.381 e.